The molecule has 1 radical (unpaired) electrons. The summed E-state index contributed by atoms with van der Waals surface area (Å²) in [5, 5.41) is 0. The molecule has 1 heteroatoms. The van der Waals surface area contributed by atoms with Crippen molar-refractivity contribution in [2.45, 2.75) is 34.1 Å². The maximum atomic E-state index is 2.35. The van der Waals surface area contributed by atoms with E-state index in [0.717, 1.165) is 0 Å². The van der Waals surface area contributed by atoms with Crippen LogP contribution in [-0.2, 0) is 0 Å². The van der Waals surface area contributed by atoms with Crippen LogP contribution in [0.5, 0.6) is 0 Å². The van der Waals surface area contributed by atoms with Gasteiger partial charge in [-0.3, -0.25) is 0 Å². The predicted molar refractivity (Wildman–Crippen MR) is 38.3 cm³/mol. The SMILES string of the molecule is C[CH2][Sn]([CH2]C)[CH2]C.[H-]. The minimum absolute atomic E-state index is 0. The summed E-state index contributed by atoms with van der Waals surface area (Å²) in [4.78, 5) is 0. The number of hydrogen-bond donors (Lipinski definition) is 0. The molecular formula is C6H16Sn-. The standard InChI is InChI=1S/3C2H5.Sn.H/c3*1-2;;/h3*1H2,2H3;;/q;;;;-1. The molecule has 0 aromatic carbocycles. The molecule has 7 heavy (non-hydrogen) atoms. The second kappa shape index (κ2) is 4.95. The van der Waals surface area contributed by atoms with Crippen LogP contribution in [0, 0.1) is 0 Å². The van der Waals surface area contributed by atoms with E-state index in [0.29, 0.717) is 0 Å². The Balaban J connectivity index is 0. The molecule has 0 spiro atoms. The van der Waals surface area contributed by atoms with Gasteiger partial charge in [0.1, 0.15) is 0 Å². The van der Waals surface area contributed by atoms with Crippen LogP contribution < -0.4 is 0 Å². The fourth-order valence-corrected chi connectivity index (χ4v) is 5.03. The Hall–Kier alpha value is 0.799. The largest absolute Gasteiger partial charge is 1.00 e. The van der Waals surface area contributed by atoms with E-state index in [-0.39, 0.29) is 1.43 Å². The Morgan fingerprint density at radius 1 is 1.00 bits per heavy atom. The van der Waals surface area contributed by atoms with Gasteiger partial charge in [0.05, 0.1) is 0 Å². The first-order valence-electron chi connectivity index (χ1n) is 3.18. The first kappa shape index (κ1) is 7.80. The predicted octanol–water partition coefficient (Wildman–Crippen LogP) is 2.65. The van der Waals surface area contributed by atoms with Crippen molar-refractivity contribution >= 4 is 19.8 Å². The normalized spacial score (nSPS) is 10.3. The summed E-state index contributed by atoms with van der Waals surface area (Å²) < 4.78 is 4.65. The summed E-state index contributed by atoms with van der Waals surface area (Å²) in [5.74, 6) is 0. The van der Waals surface area contributed by atoms with Gasteiger partial charge in [-0.05, 0) is 0 Å². The molecule has 0 N–H and O–H groups in total. The van der Waals surface area contributed by atoms with Crippen LogP contribution in [0.15, 0.2) is 0 Å². The Bertz CT molecular complexity index is 30.0. The molecule has 0 saturated carbocycles. The number of rotatable bonds is 3. The van der Waals surface area contributed by atoms with E-state index >= 15 is 0 Å². The molecule has 0 aromatic heterocycles. The van der Waals surface area contributed by atoms with Crippen LogP contribution in [0.1, 0.15) is 22.2 Å². The van der Waals surface area contributed by atoms with E-state index in [1.807, 2.05) is 0 Å². The van der Waals surface area contributed by atoms with Crippen molar-refractivity contribution in [1.82, 2.24) is 0 Å². The Morgan fingerprint density at radius 2 is 1.29 bits per heavy atom. The van der Waals surface area contributed by atoms with Crippen LogP contribution in [0.25, 0.3) is 0 Å². The molecule has 0 atom stereocenters. The van der Waals surface area contributed by atoms with Gasteiger partial charge in [0.2, 0.25) is 0 Å². The molecular weight excluding hydrogens is 191 g/mol. The van der Waals surface area contributed by atoms with Crippen molar-refractivity contribution in [2.24, 2.45) is 0 Å². The summed E-state index contributed by atoms with van der Waals surface area (Å²) >= 11 is -0.653. The van der Waals surface area contributed by atoms with Gasteiger partial charge in [0.15, 0.2) is 0 Å². The molecule has 0 aliphatic heterocycles. The summed E-state index contributed by atoms with van der Waals surface area (Å²) in [6.07, 6.45) is 0. The van der Waals surface area contributed by atoms with Gasteiger partial charge < -0.3 is 1.43 Å². The summed E-state index contributed by atoms with van der Waals surface area (Å²) in [6.45, 7) is 7.05. The molecule has 0 amide bonds. The minimum atomic E-state index is -0.653. The van der Waals surface area contributed by atoms with E-state index in [1.54, 1.807) is 13.3 Å². The Labute approximate surface area is 55.5 Å². The molecule has 0 fully saturated rings. The zero-order chi connectivity index (χ0) is 5.70. The molecule has 0 aliphatic rings. The Morgan fingerprint density at radius 3 is 1.29 bits per heavy atom. The third kappa shape index (κ3) is 3.39. The van der Waals surface area contributed by atoms with E-state index < -0.39 is 19.8 Å². The maximum Gasteiger partial charge on any atom is -1.00 e. The molecule has 0 aromatic rings. The van der Waals surface area contributed by atoms with Crippen LogP contribution >= 0.6 is 0 Å². The van der Waals surface area contributed by atoms with Gasteiger partial charge in [-0.15, -0.1) is 0 Å². The van der Waals surface area contributed by atoms with Gasteiger partial charge in [0, 0.05) is 0 Å². The molecule has 0 unspecified atom stereocenters. The fourth-order valence-electron chi connectivity index (χ4n) is 0.750. The van der Waals surface area contributed by atoms with E-state index in [4.69, 9.17) is 0 Å². The third-order valence-corrected chi connectivity index (χ3v) is 10.1. The van der Waals surface area contributed by atoms with E-state index in [1.165, 1.54) is 0 Å². The topological polar surface area (TPSA) is 0 Å². The van der Waals surface area contributed by atoms with Gasteiger partial charge in [-0.2, -0.15) is 0 Å². The molecule has 0 rings (SSSR count). The second-order valence-corrected chi connectivity index (χ2v) is 12.1. The van der Waals surface area contributed by atoms with Crippen molar-refractivity contribution < 1.29 is 1.43 Å². The summed E-state index contributed by atoms with van der Waals surface area (Å²) in [6, 6.07) is 0. The van der Waals surface area contributed by atoms with E-state index in [2.05, 4.69) is 20.8 Å². The molecule has 0 nitrogen and oxygen atoms in total. The summed E-state index contributed by atoms with van der Waals surface area (Å²) in [5.41, 5.74) is 0. The molecule has 0 saturated heterocycles. The second-order valence-electron chi connectivity index (χ2n) is 1.81. The van der Waals surface area contributed by atoms with Gasteiger partial charge in [-0.25, -0.2) is 0 Å². The molecule has 0 heterocycles. The van der Waals surface area contributed by atoms with Crippen LogP contribution in [-0.4, -0.2) is 19.8 Å². The minimum Gasteiger partial charge on any atom is -1.00 e. The Kier molecular flexibility index (Phi) is 5.51. The van der Waals surface area contributed by atoms with Crippen molar-refractivity contribution in [1.29, 1.82) is 0 Å². The van der Waals surface area contributed by atoms with Gasteiger partial charge in [-0.1, -0.05) is 0 Å². The third-order valence-electron chi connectivity index (χ3n) is 1.50. The van der Waals surface area contributed by atoms with Gasteiger partial charge in [0.25, 0.3) is 0 Å². The zero-order valence-corrected chi connectivity index (χ0v) is 8.48. The van der Waals surface area contributed by atoms with E-state index in [9.17, 15) is 0 Å². The quantitative estimate of drug-likeness (QED) is 0.624. The first-order chi connectivity index (χ1) is 3.35. The van der Waals surface area contributed by atoms with Crippen LogP contribution in [0.4, 0.5) is 0 Å². The average Bonchev–Trinajstić information content (AvgIpc) is 1.72. The first-order valence-corrected chi connectivity index (χ1v) is 9.24. The zero-order valence-electron chi connectivity index (χ0n) is 6.62. The van der Waals surface area contributed by atoms with Gasteiger partial charge >= 0.3 is 53.8 Å². The van der Waals surface area contributed by atoms with Crippen molar-refractivity contribution in [3.63, 3.8) is 0 Å². The van der Waals surface area contributed by atoms with Crippen molar-refractivity contribution in [2.75, 3.05) is 0 Å². The molecule has 45 valence electrons. The van der Waals surface area contributed by atoms with Crippen LogP contribution in [0.3, 0.4) is 0 Å². The maximum absolute atomic E-state index is 2.35. The molecule has 0 bridgehead atoms. The number of hydrogen-bond acceptors (Lipinski definition) is 0. The summed E-state index contributed by atoms with van der Waals surface area (Å²) in [7, 11) is 0. The van der Waals surface area contributed by atoms with Crippen LogP contribution in [0.2, 0.25) is 13.3 Å². The smallest absolute Gasteiger partial charge is 1.00 e. The van der Waals surface area contributed by atoms with Crippen molar-refractivity contribution in [3.05, 3.63) is 0 Å². The average molecular weight is 207 g/mol. The fraction of sp³-hybridized carbons (Fsp3) is 1.00. The van der Waals surface area contributed by atoms with Crippen molar-refractivity contribution in [3.8, 4) is 0 Å². The molecule has 0 aliphatic carbocycles. The monoisotopic (exact) mass is 208 g/mol.